The maximum atomic E-state index is 13.2. The maximum absolute atomic E-state index is 13.2. The summed E-state index contributed by atoms with van der Waals surface area (Å²) in [6.07, 6.45) is 1.46. The fraction of sp³-hybridized carbons (Fsp3) is 0.476. The lowest BCUT2D eigenvalue weighted by Crippen LogP contribution is -2.40. The number of benzene rings is 1. The fourth-order valence-electron chi connectivity index (χ4n) is 3.73. The Labute approximate surface area is 179 Å². The van der Waals surface area contributed by atoms with Gasteiger partial charge < -0.3 is 25.0 Å². The van der Waals surface area contributed by atoms with Crippen LogP contribution in [-0.2, 0) is 0 Å². The molecule has 0 unspecified atom stereocenters. The summed E-state index contributed by atoms with van der Waals surface area (Å²) in [4.78, 5) is 23.3. The summed E-state index contributed by atoms with van der Waals surface area (Å²) < 4.78 is 35.1. The van der Waals surface area contributed by atoms with Crippen molar-refractivity contribution in [3.05, 3.63) is 35.5 Å². The second kappa shape index (κ2) is 8.16. The van der Waals surface area contributed by atoms with Crippen LogP contribution >= 0.6 is 0 Å². The molecular weight excluding hydrogens is 408 g/mol. The Bertz CT molecular complexity index is 977. The topological polar surface area (TPSA) is 88.6 Å². The van der Waals surface area contributed by atoms with Crippen LogP contribution in [0.3, 0.4) is 0 Å². The molecule has 0 spiro atoms. The Balaban J connectivity index is 1.31. The van der Waals surface area contributed by atoms with Crippen molar-refractivity contribution in [2.45, 2.75) is 51.0 Å². The van der Waals surface area contributed by atoms with Gasteiger partial charge in [-0.2, -0.15) is 4.98 Å². The Kier molecular flexibility index (Phi) is 5.55. The van der Waals surface area contributed by atoms with E-state index in [0.29, 0.717) is 5.95 Å². The SMILES string of the molecule is Cc1cnc(N(C)C)nc1NC1CCC(NC(=O)c2ccc3c(c2)OC(F)(F)O3)CC1. The zero-order chi connectivity index (χ0) is 22.2. The number of rotatable bonds is 5. The van der Waals surface area contributed by atoms with E-state index in [9.17, 15) is 13.6 Å². The van der Waals surface area contributed by atoms with E-state index in [2.05, 4.69) is 30.1 Å². The first-order chi connectivity index (χ1) is 14.7. The molecule has 1 aliphatic carbocycles. The largest absolute Gasteiger partial charge is 0.586 e. The number of alkyl halides is 2. The molecule has 166 valence electrons. The van der Waals surface area contributed by atoms with Gasteiger partial charge in [-0.05, 0) is 50.8 Å². The fourth-order valence-corrected chi connectivity index (χ4v) is 3.73. The normalized spacial score (nSPS) is 21.5. The van der Waals surface area contributed by atoms with Crippen LogP contribution in [0.1, 0.15) is 41.6 Å². The molecule has 0 atom stereocenters. The maximum Gasteiger partial charge on any atom is 0.586 e. The molecule has 1 aromatic carbocycles. The first kappa shape index (κ1) is 21.1. The van der Waals surface area contributed by atoms with Crippen molar-refractivity contribution in [1.82, 2.24) is 15.3 Å². The molecule has 2 aliphatic rings. The van der Waals surface area contributed by atoms with Gasteiger partial charge in [0.2, 0.25) is 5.95 Å². The quantitative estimate of drug-likeness (QED) is 0.748. The minimum atomic E-state index is -3.70. The van der Waals surface area contributed by atoms with E-state index < -0.39 is 6.29 Å². The molecular formula is C21H25F2N5O3. The molecule has 2 heterocycles. The molecule has 0 saturated heterocycles. The standard InChI is InChI=1S/C21H25F2N5O3/c1-12-11-24-20(28(2)3)27-18(12)25-14-5-7-15(8-6-14)26-19(29)13-4-9-16-17(10-13)31-21(22,23)30-16/h4,9-11,14-15H,5-8H2,1-3H3,(H,26,29)(H,24,25,27). The molecule has 1 saturated carbocycles. The number of aromatic nitrogens is 2. The first-order valence-corrected chi connectivity index (χ1v) is 10.2. The van der Waals surface area contributed by atoms with Crippen LogP contribution in [0.4, 0.5) is 20.5 Å². The Morgan fingerprint density at radius 1 is 1.13 bits per heavy atom. The number of nitrogens with zero attached hydrogens (tertiary/aromatic N) is 3. The predicted molar refractivity (Wildman–Crippen MR) is 111 cm³/mol. The molecule has 2 aromatic rings. The summed E-state index contributed by atoms with van der Waals surface area (Å²) in [6.45, 7) is 1.97. The number of carbonyl (C=O) groups is 1. The van der Waals surface area contributed by atoms with Gasteiger partial charge in [0.15, 0.2) is 11.5 Å². The minimum Gasteiger partial charge on any atom is -0.395 e. The highest BCUT2D eigenvalue weighted by molar-refractivity contribution is 5.95. The number of fused-ring (bicyclic) bond motifs is 1. The molecule has 1 fully saturated rings. The number of aryl methyl sites for hydroxylation is 1. The zero-order valence-electron chi connectivity index (χ0n) is 17.6. The third kappa shape index (κ3) is 4.78. The molecule has 1 aromatic heterocycles. The molecule has 0 radical (unpaired) electrons. The highest BCUT2D eigenvalue weighted by Crippen LogP contribution is 2.41. The van der Waals surface area contributed by atoms with Crippen molar-refractivity contribution in [3.8, 4) is 11.5 Å². The van der Waals surface area contributed by atoms with Crippen molar-refractivity contribution in [1.29, 1.82) is 0 Å². The van der Waals surface area contributed by atoms with Gasteiger partial charge in [0.05, 0.1) is 0 Å². The van der Waals surface area contributed by atoms with E-state index in [1.165, 1.54) is 18.2 Å². The van der Waals surface area contributed by atoms with Crippen LogP contribution in [-0.4, -0.2) is 48.3 Å². The number of carbonyl (C=O) groups excluding carboxylic acids is 1. The summed E-state index contributed by atoms with van der Waals surface area (Å²) in [5, 5.41) is 6.48. The molecule has 31 heavy (non-hydrogen) atoms. The number of ether oxygens (including phenoxy) is 2. The number of halogens is 2. The van der Waals surface area contributed by atoms with Crippen LogP contribution < -0.4 is 25.0 Å². The van der Waals surface area contributed by atoms with E-state index in [-0.39, 0.29) is 35.1 Å². The number of hydrogen-bond donors (Lipinski definition) is 2. The van der Waals surface area contributed by atoms with E-state index in [4.69, 9.17) is 0 Å². The lowest BCUT2D eigenvalue weighted by atomic mass is 9.91. The van der Waals surface area contributed by atoms with Crippen molar-refractivity contribution in [2.75, 3.05) is 24.3 Å². The Morgan fingerprint density at radius 3 is 2.52 bits per heavy atom. The lowest BCUT2D eigenvalue weighted by Gasteiger charge is -2.30. The number of nitrogens with one attached hydrogen (secondary N) is 2. The van der Waals surface area contributed by atoms with Crippen molar-refractivity contribution in [2.24, 2.45) is 0 Å². The third-order valence-corrected chi connectivity index (χ3v) is 5.43. The summed E-state index contributed by atoms with van der Waals surface area (Å²) in [5.41, 5.74) is 1.24. The van der Waals surface area contributed by atoms with Crippen molar-refractivity contribution >= 4 is 17.7 Å². The van der Waals surface area contributed by atoms with E-state index in [1.807, 2.05) is 25.9 Å². The van der Waals surface area contributed by atoms with Gasteiger partial charge in [-0.25, -0.2) is 4.98 Å². The molecule has 2 N–H and O–H groups in total. The summed E-state index contributed by atoms with van der Waals surface area (Å²) in [5.74, 6) is 0.938. The van der Waals surface area contributed by atoms with E-state index in [0.717, 1.165) is 37.1 Å². The smallest absolute Gasteiger partial charge is 0.395 e. The monoisotopic (exact) mass is 433 g/mol. The van der Waals surface area contributed by atoms with Gasteiger partial charge in [0, 0.05) is 43.5 Å². The van der Waals surface area contributed by atoms with Crippen LogP contribution in [0.25, 0.3) is 0 Å². The average Bonchev–Trinajstić information content (AvgIpc) is 3.03. The van der Waals surface area contributed by atoms with Crippen molar-refractivity contribution < 1.29 is 23.0 Å². The van der Waals surface area contributed by atoms with E-state index in [1.54, 1.807) is 6.20 Å². The van der Waals surface area contributed by atoms with Gasteiger partial charge in [0.1, 0.15) is 5.82 Å². The average molecular weight is 433 g/mol. The summed E-state index contributed by atoms with van der Waals surface area (Å²) >= 11 is 0. The molecule has 4 rings (SSSR count). The van der Waals surface area contributed by atoms with Crippen LogP contribution in [0, 0.1) is 6.92 Å². The molecule has 0 bridgehead atoms. The van der Waals surface area contributed by atoms with Gasteiger partial charge in [-0.15, -0.1) is 8.78 Å². The number of anilines is 2. The highest BCUT2D eigenvalue weighted by Gasteiger charge is 2.43. The lowest BCUT2D eigenvalue weighted by molar-refractivity contribution is -0.286. The van der Waals surface area contributed by atoms with Crippen LogP contribution in [0.15, 0.2) is 24.4 Å². The number of hydrogen-bond acceptors (Lipinski definition) is 7. The van der Waals surface area contributed by atoms with E-state index >= 15 is 0 Å². The summed E-state index contributed by atoms with van der Waals surface area (Å²) in [7, 11) is 3.79. The van der Waals surface area contributed by atoms with Gasteiger partial charge in [-0.1, -0.05) is 0 Å². The van der Waals surface area contributed by atoms with Crippen LogP contribution in [0.2, 0.25) is 0 Å². The van der Waals surface area contributed by atoms with Gasteiger partial charge in [0.25, 0.3) is 5.91 Å². The molecule has 1 aliphatic heterocycles. The predicted octanol–water partition coefficient (Wildman–Crippen LogP) is 3.33. The first-order valence-electron chi connectivity index (χ1n) is 10.2. The van der Waals surface area contributed by atoms with Gasteiger partial charge >= 0.3 is 6.29 Å². The Morgan fingerprint density at radius 2 is 1.81 bits per heavy atom. The Hall–Kier alpha value is -3.17. The zero-order valence-corrected chi connectivity index (χ0v) is 17.6. The molecule has 8 nitrogen and oxygen atoms in total. The molecule has 1 amide bonds. The second-order valence-corrected chi connectivity index (χ2v) is 8.09. The highest BCUT2D eigenvalue weighted by atomic mass is 19.3. The van der Waals surface area contributed by atoms with Crippen molar-refractivity contribution in [3.63, 3.8) is 0 Å². The minimum absolute atomic E-state index is 0.0150. The number of amides is 1. The third-order valence-electron chi connectivity index (χ3n) is 5.43. The molecule has 10 heteroatoms. The second-order valence-electron chi connectivity index (χ2n) is 8.09. The summed E-state index contributed by atoms with van der Waals surface area (Å²) in [6, 6.07) is 4.31. The van der Waals surface area contributed by atoms with Gasteiger partial charge in [-0.3, -0.25) is 4.79 Å². The van der Waals surface area contributed by atoms with Crippen LogP contribution in [0.5, 0.6) is 11.5 Å².